The molecule has 3 heterocycles. The number of benzene rings is 3. The predicted octanol–water partition coefficient (Wildman–Crippen LogP) is 4.48. The summed E-state index contributed by atoms with van der Waals surface area (Å²) in [4.78, 5) is 76.6. The molecule has 3 atom stereocenters. The molecule has 9 N–H and O–H groups in total. The second kappa shape index (κ2) is 23.8. The molecule has 0 fully saturated rings. The first-order valence-electron chi connectivity index (χ1n) is 22.0. The molecule has 67 heavy (non-hydrogen) atoms. The Morgan fingerprint density at radius 2 is 1.70 bits per heavy atom. The Morgan fingerprint density at radius 3 is 2.45 bits per heavy atom. The third kappa shape index (κ3) is 13.4. The van der Waals surface area contributed by atoms with Gasteiger partial charge < -0.3 is 42.0 Å². The summed E-state index contributed by atoms with van der Waals surface area (Å²) < 4.78 is 27.7. The highest BCUT2D eigenvalue weighted by molar-refractivity contribution is 7.99. The summed E-state index contributed by atoms with van der Waals surface area (Å²) in [6.07, 6.45) is 5.76. The van der Waals surface area contributed by atoms with Crippen LogP contribution in [0.25, 0.3) is 22.0 Å². The van der Waals surface area contributed by atoms with Crippen molar-refractivity contribution in [1.29, 1.82) is 0 Å². The lowest BCUT2D eigenvalue weighted by atomic mass is 9.98. The number of para-hydroxylation sites is 1. The third-order valence-electron chi connectivity index (χ3n) is 11.4. The average Bonchev–Trinajstić information content (AvgIpc) is 3.71. The molecule has 4 amide bonds. The van der Waals surface area contributed by atoms with Crippen LogP contribution >= 0.6 is 23.4 Å². The summed E-state index contributed by atoms with van der Waals surface area (Å²) in [5, 5.41) is 23.5. The number of H-pyrrole nitrogens is 1. The first kappa shape index (κ1) is 50.6. The Kier molecular flexibility index (Phi) is 17.9. The highest BCUT2D eigenvalue weighted by atomic mass is 35.5. The summed E-state index contributed by atoms with van der Waals surface area (Å²) in [5.41, 5.74) is 10.0. The van der Waals surface area contributed by atoms with E-state index in [0.29, 0.717) is 70.4 Å². The van der Waals surface area contributed by atoms with Crippen LogP contribution in [0.5, 0.6) is 0 Å². The largest absolute Gasteiger partial charge is 0.481 e. The Balaban J connectivity index is 1.45. The lowest BCUT2D eigenvalue weighted by molar-refractivity contribution is -0.142. The van der Waals surface area contributed by atoms with Gasteiger partial charge in [-0.2, -0.15) is 0 Å². The third-order valence-corrected chi connectivity index (χ3v) is 14.5. The second-order valence-electron chi connectivity index (χ2n) is 16.2. The van der Waals surface area contributed by atoms with Gasteiger partial charge in [0.1, 0.15) is 17.1 Å². The lowest BCUT2D eigenvalue weighted by Crippen LogP contribution is -2.57. The van der Waals surface area contributed by atoms with Crippen molar-refractivity contribution < 1.29 is 37.5 Å². The van der Waals surface area contributed by atoms with Gasteiger partial charge in [0.2, 0.25) is 23.6 Å². The minimum absolute atomic E-state index is 0.0474. The Labute approximate surface area is 398 Å². The standard InChI is InChI=1S/C47H56ClN9O8S2/c1-29(58)56-67(64,65)33-16-14-30(15-17-33)34-18-19-37(48)43-36(34)28-54-45(62)41(25-32-27-52-38-11-4-3-10-35(32)38)57(2)47(63)40(12-5-6-21-49)55-44(61)39(13-8-22-50-24-20-42(59)60)53-26-31-9-7-23-51-46(31)66-43/h3-4,7,9-11,14-19,23,27,39-41,50,52-53H,5-6,8,12-13,20-22,24-26,28,49H2,1-2H3,(H,54,62)(H,55,61)(H,56,58)(H,59,60)/t39-,40-,41-/m0/s1. The van der Waals surface area contributed by atoms with Crippen LogP contribution < -0.4 is 31.7 Å². The fourth-order valence-corrected chi connectivity index (χ4v) is 10.2. The maximum atomic E-state index is 14.9. The molecule has 0 spiro atoms. The molecule has 0 unspecified atom stereocenters. The number of carbonyl (C=O) groups is 5. The van der Waals surface area contributed by atoms with E-state index in [-0.39, 0.29) is 43.8 Å². The number of amides is 4. The number of carboxylic acids is 1. The molecular formula is C47H56ClN9O8S2. The summed E-state index contributed by atoms with van der Waals surface area (Å²) in [5.74, 6) is -3.02. The molecule has 5 aromatic rings. The van der Waals surface area contributed by atoms with E-state index >= 15 is 0 Å². The van der Waals surface area contributed by atoms with Crippen molar-refractivity contribution in [3.05, 3.63) is 107 Å². The summed E-state index contributed by atoms with van der Waals surface area (Å²) >= 11 is 8.32. The molecule has 0 saturated heterocycles. The zero-order valence-corrected chi connectivity index (χ0v) is 39.7. The molecule has 6 rings (SSSR count). The molecule has 2 aromatic heterocycles. The number of fused-ring (bicyclic) bond motifs is 3. The van der Waals surface area contributed by atoms with Gasteiger partial charge in [-0.3, -0.25) is 24.0 Å². The number of carboxylic acid groups (broad SMARTS) is 1. The smallest absolute Gasteiger partial charge is 0.304 e. The number of nitrogens with one attached hydrogen (secondary N) is 6. The van der Waals surface area contributed by atoms with Crippen molar-refractivity contribution in [2.75, 3.05) is 26.7 Å². The van der Waals surface area contributed by atoms with Gasteiger partial charge >= 0.3 is 5.97 Å². The van der Waals surface area contributed by atoms with Gasteiger partial charge in [-0.15, -0.1) is 0 Å². The maximum Gasteiger partial charge on any atom is 0.304 e. The first-order chi connectivity index (χ1) is 32.2. The number of aromatic amines is 1. The van der Waals surface area contributed by atoms with Gasteiger partial charge in [-0.05, 0) is 103 Å². The second-order valence-corrected chi connectivity index (χ2v) is 19.3. The monoisotopic (exact) mass is 973 g/mol. The van der Waals surface area contributed by atoms with E-state index in [1.54, 1.807) is 43.6 Å². The molecule has 0 bridgehead atoms. The number of carbonyl (C=O) groups excluding carboxylic acids is 4. The molecule has 17 nitrogen and oxygen atoms in total. The van der Waals surface area contributed by atoms with E-state index in [2.05, 4.69) is 26.3 Å². The van der Waals surface area contributed by atoms with E-state index in [1.165, 1.54) is 28.8 Å². The van der Waals surface area contributed by atoms with Crippen LogP contribution in [0.2, 0.25) is 5.02 Å². The quantitative estimate of drug-likeness (QED) is 0.0636. The number of pyridine rings is 1. The zero-order chi connectivity index (χ0) is 48.1. The summed E-state index contributed by atoms with van der Waals surface area (Å²) in [7, 11) is -2.57. The van der Waals surface area contributed by atoms with Crippen molar-refractivity contribution in [2.45, 2.75) is 97.9 Å². The normalized spacial score (nSPS) is 17.5. The van der Waals surface area contributed by atoms with Crippen molar-refractivity contribution in [2.24, 2.45) is 5.73 Å². The van der Waals surface area contributed by atoms with E-state index in [0.717, 1.165) is 29.0 Å². The number of aliphatic carboxylic acids is 1. The minimum Gasteiger partial charge on any atom is -0.481 e. The number of hydrogen-bond acceptors (Lipinski definition) is 12. The van der Waals surface area contributed by atoms with Crippen LogP contribution in [0.1, 0.15) is 62.1 Å². The number of nitrogens with zero attached hydrogens (tertiary/aromatic N) is 2. The molecule has 356 valence electrons. The fourth-order valence-electron chi connectivity index (χ4n) is 7.90. The number of hydrogen-bond donors (Lipinski definition) is 8. The topological polar surface area (TPSA) is 258 Å². The average molecular weight is 975 g/mol. The number of aromatic nitrogens is 2. The van der Waals surface area contributed by atoms with E-state index in [1.807, 2.05) is 41.3 Å². The number of nitrogens with two attached hydrogens (primary N) is 1. The highest BCUT2D eigenvalue weighted by Gasteiger charge is 2.34. The van der Waals surface area contributed by atoms with Crippen molar-refractivity contribution in [1.82, 2.24) is 40.9 Å². The van der Waals surface area contributed by atoms with Crippen LogP contribution in [0, 0.1) is 0 Å². The minimum atomic E-state index is -4.13. The lowest BCUT2D eigenvalue weighted by Gasteiger charge is -2.32. The number of likely N-dealkylation sites (N-methyl/N-ethyl adjacent to an activating group) is 1. The molecule has 0 radical (unpaired) electrons. The Bertz CT molecular complexity index is 2680. The van der Waals surface area contributed by atoms with Gasteiger partial charge in [0.15, 0.2) is 0 Å². The van der Waals surface area contributed by atoms with E-state index in [9.17, 15) is 32.4 Å². The summed E-state index contributed by atoms with van der Waals surface area (Å²) in [6, 6.07) is 17.9. The van der Waals surface area contributed by atoms with Gasteiger partial charge in [-0.25, -0.2) is 18.1 Å². The molecule has 0 saturated carbocycles. The molecule has 1 aliphatic rings. The van der Waals surface area contributed by atoms with Gasteiger partial charge in [0.05, 0.1) is 22.4 Å². The summed E-state index contributed by atoms with van der Waals surface area (Å²) in [6.45, 7) is 2.32. The van der Waals surface area contributed by atoms with Gasteiger partial charge in [0.25, 0.3) is 10.0 Å². The predicted molar refractivity (Wildman–Crippen MR) is 256 cm³/mol. The highest BCUT2D eigenvalue weighted by Crippen LogP contribution is 2.41. The van der Waals surface area contributed by atoms with Crippen LogP contribution in [0.4, 0.5) is 0 Å². The molecule has 3 aromatic carbocycles. The zero-order valence-electron chi connectivity index (χ0n) is 37.3. The number of rotatable bonds is 16. The number of unbranched alkanes of at least 4 members (excludes halogenated alkanes) is 1. The van der Waals surface area contributed by atoms with Crippen molar-refractivity contribution in [3.8, 4) is 11.1 Å². The molecule has 20 heteroatoms. The van der Waals surface area contributed by atoms with E-state index < -0.39 is 57.7 Å². The van der Waals surface area contributed by atoms with Crippen LogP contribution in [0.15, 0.2) is 100 Å². The number of sulfonamides is 1. The van der Waals surface area contributed by atoms with Gasteiger partial charge in [0, 0.05) is 68.2 Å². The Morgan fingerprint density at radius 1 is 0.940 bits per heavy atom. The molecule has 1 aliphatic heterocycles. The van der Waals surface area contributed by atoms with E-state index in [4.69, 9.17) is 27.4 Å². The van der Waals surface area contributed by atoms with Crippen molar-refractivity contribution in [3.63, 3.8) is 0 Å². The first-order valence-corrected chi connectivity index (χ1v) is 24.7. The Hall–Kier alpha value is -5.83. The SMILES string of the molecule is CC(=O)NS(=O)(=O)c1ccc(-c2ccc(Cl)c3c2CNC(=O)[C@H](Cc2c[nH]c4ccccc24)N(C)C(=O)[C@H](CCCCN)NC(=O)[C@H](CCCNCCC(=O)O)NCc2cccnc2S3)cc1. The van der Waals surface area contributed by atoms with Crippen molar-refractivity contribution >= 4 is 73.9 Å². The molecular weight excluding hydrogens is 918 g/mol. The van der Waals surface area contributed by atoms with Crippen LogP contribution in [-0.2, 0) is 53.5 Å². The number of halogens is 1. The van der Waals surface area contributed by atoms with Gasteiger partial charge in [-0.1, -0.05) is 65.8 Å². The van der Waals surface area contributed by atoms with Crippen LogP contribution in [-0.4, -0.2) is 103 Å². The van der Waals surface area contributed by atoms with Crippen LogP contribution in [0.3, 0.4) is 0 Å². The fraction of sp³-hybridized carbons (Fsp3) is 0.362. The maximum absolute atomic E-state index is 14.9. The molecule has 0 aliphatic carbocycles.